The summed E-state index contributed by atoms with van der Waals surface area (Å²) in [4.78, 5) is 33.1. The average Bonchev–Trinajstić information content (AvgIpc) is 2.67. The number of ether oxygens (including phenoxy) is 1. The third-order valence-corrected chi connectivity index (χ3v) is 4.38. The molecule has 0 aliphatic carbocycles. The maximum Gasteiger partial charge on any atom is 0.255 e. The van der Waals surface area contributed by atoms with Crippen molar-refractivity contribution in [1.29, 1.82) is 0 Å². The lowest BCUT2D eigenvalue weighted by Gasteiger charge is -2.20. The predicted molar refractivity (Wildman–Crippen MR) is 101 cm³/mol. The van der Waals surface area contributed by atoms with Crippen molar-refractivity contribution in [3.05, 3.63) is 69.8 Å². The Morgan fingerprint density at radius 1 is 1.23 bits per heavy atom. The number of nitrogens with zero attached hydrogens (tertiary/aromatic N) is 2. The number of benzene rings is 1. The van der Waals surface area contributed by atoms with Crippen molar-refractivity contribution in [3.8, 4) is 5.75 Å². The van der Waals surface area contributed by atoms with Gasteiger partial charge in [0.05, 0.1) is 12.7 Å². The number of nitrogens with one attached hydrogen (secondary N) is 1. The van der Waals surface area contributed by atoms with Crippen LogP contribution in [0, 0.1) is 0 Å². The van der Waals surface area contributed by atoms with Crippen molar-refractivity contribution in [3.63, 3.8) is 0 Å². The molecule has 0 atom stereocenters. The van der Waals surface area contributed by atoms with Gasteiger partial charge in [-0.3, -0.25) is 14.6 Å². The molecular formula is C20H21N3O3. The van der Waals surface area contributed by atoms with Crippen molar-refractivity contribution in [1.82, 2.24) is 14.9 Å². The Bertz CT molecular complexity index is 1010. The highest BCUT2D eigenvalue weighted by Gasteiger charge is 2.17. The Labute approximate surface area is 151 Å². The van der Waals surface area contributed by atoms with Crippen molar-refractivity contribution < 1.29 is 9.53 Å². The molecule has 0 spiro atoms. The van der Waals surface area contributed by atoms with Crippen LogP contribution in [0.25, 0.3) is 10.9 Å². The molecule has 3 aromatic rings. The van der Waals surface area contributed by atoms with E-state index in [2.05, 4.69) is 9.97 Å². The summed E-state index contributed by atoms with van der Waals surface area (Å²) < 4.78 is 5.37. The second kappa shape index (κ2) is 7.39. The van der Waals surface area contributed by atoms with Crippen LogP contribution in [0.2, 0.25) is 0 Å². The average molecular weight is 351 g/mol. The van der Waals surface area contributed by atoms with E-state index in [1.54, 1.807) is 31.3 Å². The molecule has 1 N–H and O–H groups in total. The first kappa shape index (κ1) is 17.7. The van der Waals surface area contributed by atoms with Crippen molar-refractivity contribution in [2.45, 2.75) is 19.9 Å². The number of aryl methyl sites for hydroxylation is 1. The standard InChI is InChI=1S/C20H21N3O3/c1-4-16-15(8-10-18(24)22-16)20(25)23(2)12-13-7-9-17(26-3)19-14(13)6-5-11-21-19/h5-11H,4,12H2,1-3H3,(H,22,24). The highest BCUT2D eigenvalue weighted by Crippen LogP contribution is 2.27. The quantitative estimate of drug-likeness (QED) is 0.767. The molecule has 26 heavy (non-hydrogen) atoms. The molecule has 0 unspecified atom stereocenters. The van der Waals surface area contributed by atoms with Gasteiger partial charge in [-0.15, -0.1) is 0 Å². The number of hydrogen-bond donors (Lipinski definition) is 1. The fraction of sp³-hybridized carbons (Fsp3) is 0.250. The van der Waals surface area contributed by atoms with Gasteiger partial charge in [-0.1, -0.05) is 19.1 Å². The third-order valence-electron chi connectivity index (χ3n) is 4.38. The molecule has 0 aliphatic heterocycles. The Hall–Kier alpha value is -3.15. The molecule has 0 fully saturated rings. The van der Waals surface area contributed by atoms with Crippen molar-refractivity contribution in [2.75, 3.05) is 14.2 Å². The van der Waals surface area contributed by atoms with E-state index in [1.807, 2.05) is 31.2 Å². The molecule has 3 rings (SSSR count). The van der Waals surface area contributed by atoms with Crippen molar-refractivity contribution in [2.24, 2.45) is 0 Å². The van der Waals surface area contributed by atoms with Gasteiger partial charge in [0.15, 0.2) is 0 Å². The normalized spacial score (nSPS) is 10.7. The SMILES string of the molecule is CCc1[nH]c(=O)ccc1C(=O)N(C)Cc1ccc(OC)c2ncccc12. The van der Waals surface area contributed by atoms with Crippen LogP contribution in [-0.2, 0) is 13.0 Å². The number of rotatable bonds is 5. The van der Waals surface area contributed by atoms with Gasteiger partial charge in [-0.05, 0) is 30.2 Å². The summed E-state index contributed by atoms with van der Waals surface area (Å²) in [5.41, 5.74) is 2.72. The van der Waals surface area contributed by atoms with E-state index in [-0.39, 0.29) is 11.5 Å². The molecule has 2 aromatic heterocycles. The van der Waals surface area contributed by atoms with Crippen LogP contribution in [0.3, 0.4) is 0 Å². The number of amides is 1. The van der Waals surface area contributed by atoms with Crippen LogP contribution >= 0.6 is 0 Å². The van der Waals surface area contributed by atoms with Crippen LogP contribution in [0.15, 0.2) is 47.4 Å². The molecule has 0 aliphatic rings. The Morgan fingerprint density at radius 2 is 2.04 bits per heavy atom. The second-order valence-corrected chi connectivity index (χ2v) is 6.06. The number of H-pyrrole nitrogens is 1. The molecule has 6 nitrogen and oxygen atoms in total. The molecular weight excluding hydrogens is 330 g/mol. The van der Waals surface area contributed by atoms with Gasteiger partial charge >= 0.3 is 0 Å². The third kappa shape index (κ3) is 3.31. The highest BCUT2D eigenvalue weighted by atomic mass is 16.5. The number of pyridine rings is 2. The van der Waals surface area contributed by atoms with E-state index < -0.39 is 0 Å². The van der Waals surface area contributed by atoms with E-state index in [1.165, 1.54) is 6.07 Å². The van der Waals surface area contributed by atoms with Crippen molar-refractivity contribution >= 4 is 16.8 Å². The minimum Gasteiger partial charge on any atom is -0.494 e. The second-order valence-electron chi connectivity index (χ2n) is 6.06. The van der Waals surface area contributed by atoms with Gasteiger partial charge in [-0.2, -0.15) is 0 Å². The smallest absolute Gasteiger partial charge is 0.255 e. The van der Waals surface area contributed by atoms with E-state index in [9.17, 15) is 9.59 Å². The number of aromatic nitrogens is 2. The topological polar surface area (TPSA) is 75.3 Å². The van der Waals surface area contributed by atoms with Gasteiger partial charge < -0.3 is 14.6 Å². The zero-order valence-electron chi connectivity index (χ0n) is 15.1. The number of aromatic amines is 1. The van der Waals surface area contributed by atoms with Gasteiger partial charge in [0, 0.05) is 36.9 Å². The molecule has 0 radical (unpaired) electrons. The highest BCUT2D eigenvalue weighted by molar-refractivity contribution is 5.95. The van der Waals surface area contributed by atoms with Gasteiger partial charge in [0.1, 0.15) is 11.3 Å². The van der Waals surface area contributed by atoms with E-state index in [0.717, 1.165) is 16.5 Å². The lowest BCUT2D eigenvalue weighted by Crippen LogP contribution is -2.28. The summed E-state index contributed by atoms with van der Waals surface area (Å²) in [6, 6.07) is 10.6. The van der Waals surface area contributed by atoms with Gasteiger partial charge in [0.25, 0.3) is 5.91 Å². The predicted octanol–water partition coefficient (Wildman–Crippen LogP) is 2.77. The first-order valence-corrected chi connectivity index (χ1v) is 8.43. The summed E-state index contributed by atoms with van der Waals surface area (Å²) in [5.74, 6) is 0.568. The Kier molecular flexibility index (Phi) is 5.02. The van der Waals surface area contributed by atoms with Crippen LogP contribution in [0.5, 0.6) is 5.75 Å². The maximum absolute atomic E-state index is 12.9. The molecule has 1 amide bonds. The molecule has 2 heterocycles. The number of methoxy groups -OCH3 is 1. The lowest BCUT2D eigenvalue weighted by molar-refractivity contribution is 0.0784. The molecule has 0 saturated carbocycles. The summed E-state index contributed by atoms with van der Waals surface area (Å²) in [6.07, 6.45) is 2.30. The molecule has 6 heteroatoms. The first-order valence-electron chi connectivity index (χ1n) is 8.43. The lowest BCUT2D eigenvalue weighted by atomic mass is 10.1. The van der Waals surface area contributed by atoms with E-state index in [0.29, 0.717) is 30.0 Å². The van der Waals surface area contributed by atoms with Crippen LogP contribution in [0.1, 0.15) is 28.5 Å². The molecule has 0 saturated heterocycles. The molecule has 1 aromatic carbocycles. The first-order chi connectivity index (χ1) is 12.5. The van der Waals surface area contributed by atoms with E-state index in [4.69, 9.17) is 4.74 Å². The van der Waals surface area contributed by atoms with Crippen LogP contribution in [-0.4, -0.2) is 34.9 Å². The molecule has 0 bridgehead atoms. The monoisotopic (exact) mass is 351 g/mol. The zero-order valence-corrected chi connectivity index (χ0v) is 15.1. The summed E-state index contributed by atoms with van der Waals surface area (Å²) in [6.45, 7) is 2.33. The maximum atomic E-state index is 12.9. The molecule has 134 valence electrons. The zero-order chi connectivity index (χ0) is 18.7. The van der Waals surface area contributed by atoms with Crippen LogP contribution < -0.4 is 10.3 Å². The largest absolute Gasteiger partial charge is 0.494 e. The summed E-state index contributed by atoms with van der Waals surface area (Å²) >= 11 is 0. The number of hydrogen-bond acceptors (Lipinski definition) is 4. The summed E-state index contributed by atoms with van der Waals surface area (Å²) in [7, 11) is 3.36. The Balaban J connectivity index is 1.93. The minimum absolute atomic E-state index is 0.133. The van der Waals surface area contributed by atoms with Gasteiger partial charge in [-0.25, -0.2) is 0 Å². The van der Waals surface area contributed by atoms with Crippen LogP contribution in [0.4, 0.5) is 0 Å². The number of carbonyl (C=O) groups is 1. The number of carbonyl (C=O) groups excluding carboxylic acids is 1. The Morgan fingerprint density at radius 3 is 2.77 bits per heavy atom. The van der Waals surface area contributed by atoms with E-state index >= 15 is 0 Å². The number of fused-ring (bicyclic) bond motifs is 1. The fourth-order valence-corrected chi connectivity index (χ4v) is 3.04. The fourth-order valence-electron chi connectivity index (χ4n) is 3.04. The summed E-state index contributed by atoms with van der Waals surface area (Å²) in [5, 5.41) is 0.948. The minimum atomic E-state index is -0.201. The van der Waals surface area contributed by atoms with Gasteiger partial charge in [0.2, 0.25) is 5.56 Å².